The molecule has 3 amide bonds. The molecule has 4 atom stereocenters. The first-order chi connectivity index (χ1) is 20.2. The van der Waals surface area contributed by atoms with E-state index in [1.54, 1.807) is 39.0 Å². The molecule has 1 aliphatic rings. The second-order valence-corrected chi connectivity index (χ2v) is 13.4. The van der Waals surface area contributed by atoms with Crippen molar-refractivity contribution in [1.29, 1.82) is 0 Å². The smallest absolute Gasteiger partial charge is 0.323 e. The Morgan fingerprint density at radius 2 is 1.95 bits per heavy atom. The first kappa shape index (κ1) is 34.3. The van der Waals surface area contributed by atoms with Crippen LogP contribution in [-0.4, -0.2) is 97.7 Å². The number of nitrogens with zero attached hydrogens (tertiary/aromatic N) is 3. The van der Waals surface area contributed by atoms with Crippen molar-refractivity contribution < 1.29 is 37.1 Å². The standard InChI is InChI=1S/C29H45N5O8S/c1-18-15-34(19(2)17-35)28(36)24-14-23(30-29(37)31-27-21(4)32-42-22(27)5)11-12-25(24)41-20(3)10-8-9-13-40-26(18)16-33(6)43(7,38)39/h11-12,14,18-20,26,35H,8-10,13,15-17H2,1-7H3,(H2,30,31,37)/t18-,19+,20-,26+/m0/s1. The minimum Gasteiger partial charge on any atom is -0.490 e. The quantitative estimate of drug-likeness (QED) is 0.418. The molecule has 3 rings (SSSR count). The number of benzene rings is 1. The summed E-state index contributed by atoms with van der Waals surface area (Å²) < 4.78 is 43.1. The van der Waals surface area contributed by atoms with Crippen LogP contribution < -0.4 is 15.4 Å². The molecule has 14 heteroatoms. The molecule has 0 radical (unpaired) electrons. The number of aromatic nitrogens is 1. The molecule has 13 nitrogen and oxygen atoms in total. The first-order valence-electron chi connectivity index (χ1n) is 14.5. The maximum atomic E-state index is 14.2. The van der Waals surface area contributed by atoms with Crippen molar-refractivity contribution in [2.75, 3.05) is 50.2 Å². The number of hydrogen-bond acceptors (Lipinski definition) is 9. The SMILES string of the molecule is Cc1noc(C)c1NC(=O)Nc1ccc2c(c1)C(=O)N([C@H](C)CO)C[C@H](C)[C@@H](CN(C)S(C)(=O)=O)OCCCC[C@H](C)O2. The minimum absolute atomic E-state index is 0.125. The minimum atomic E-state index is -3.45. The van der Waals surface area contributed by atoms with Gasteiger partial charge in [0.2, 0.25) is 10.0 Å². The van der Waals surface area contributed by atoms with Gasteiger partial charge in [-0.3, -0.25) is 4.79 Å². The van der Waals surface area contributed by atoms with Crippen LogP contribution in [0.25, 0.3) is 0 Å². The van der Waals surface area contributed by atoms with Crippen LogP contribution >= 0.6 is 0 Å². The fraction of sp³-hybridized carbons (Fsp3) is 0.621. The van der Waals surface area contributed by atoms with Crippen molar-refractivity contribution in [3.8, 4) is 5.75 Å². The van der Waals surface area contributed by atoms with E-state index in [2.05, 4.69) is 15.8 Å². The molecular weight excluding hydrogens is 578 g/mol. The topological polar surface area (TPSA) is 164 Å². The van der Waals surface area contributed by atoms with Gasteiger partial charge in [-0.05, 0) is 65.2 Å². The van der Waals surface area contributed by atoms with Crippen LogP contribution in [0.2, 0.25) is 0 Å². The molecule has 1 aromatic carbocycles. The van der Waals surface area contributed by atoms with Crippen LogP contribution in [0.5, 0.6) is 5.75 Å². The molecule has 0 spiro atoms. The lowest BCUT2D eigenvalue weighted by atomic mass is 10.0. The van der Waals surface area contributed by atoms with Crippen molar-refractivity contribution in [3.63, 3.8) is 0 Å². The van der Waals surface area contributed by atoms with Crippen molar-refractivity contribution in [2.45, 2.75) is 72.1 Å². The second-order valence-electron chi connectivity index (χ2n) is 11.3. The molecule has 2 aromatic rings. The average Bonchev–Trinajstić information content (AvgIpc) is 3.25. The van der Waals surface area contributed by atoms with Gasteiger partial charge in [-0.15, -0.1) is 0 Å². The van der Waals surface area contributed by atoms with Gasteiger partial charge in [0, 0.05) is 38.3 Å². The summed E-state index contributed by atoms with van der Waals surface area (Å²) in [6, 6.07) is 3.75. The van der Waals surface area contributed by atoms with Gasteiger partial charge < -0.3 is 34.6 Å². The number of sulfonamides is 1. The predicted molar refractivity (Wildman–Crippen MR) is 163 cm³/mol. The summed E-state index contributed by atoms with van der Waals surface area (Å²) in [5.74, 6) is 0.133. The summed E-state index contributed by atoms with van der Waals surface area (Å²) in [5, 5.41) is 19.4. The number of carbonyl (C=O) groups excluding carboxylic acids is 2. The average molecular weight is 624 g/mol. The zero-order chi connectivity index (χ0) is 31.9. The van der Waals surface area contributed by atoms with Gasteiger partial charge in [-0.25, -0.2) is 17.5 Å². The fourth-order valence-electron chi connectivity index (χ4n) is 4.79. The Hall–Kier alpha value is -3.20. The third kappa shape index (κ3) is 9.39. The van der Waals surface area contributed by atoms with E-state index < -0.39 is 34.1 Å². The van der Waals surface area contributed by atoms with Crippen molar-refractivity contribution in [3.05, 3.63) is 35.2 Å². The summed E-state index contributed by atoms with van der Waals surface area (Å²) in [5.41, 5.74) is 1.56. The Labute approximate surface area is 253 Å². The highest BCUT2D eigenvalue weighted by atomic mass is 32.2. The number of aliphatic hydroxyl groups excluding tert-OH is 1. The molecule has 0 fully saturated rings. The number of rotatable bonds is 7. The Bertz CT molecular complexity index is 1350. The number of likely N-dealkylation sites (N-methyl/N-ethyl adjacent to an activating group) is 1. The van der Waals surface area contributed by atoms with Gasteiger partial charge in [-0.1, -0.05) is 12.1 Å². The summed E-state index contributed by atoms with van der Waals surface area (Å²) >= 11 is 0. The van der Waals surface area contributed by atoms with Crippen LogP contribution in [0, 0.1) is 19.8 Å². The third-order valence-corrected chi connectivity index (χ3v) is 8.87. The highest BCUT2D eigenvalue weighted by molar-refractivity contribution is 7.88. The summed E-state index contributed by atoms with van der Waals surface area (Å²) in [6.07, 6.45) is 2.71. The number of aryl methyl sites for hydroxylation is 2. The molecule has 0 unspecified atom stereocenters. The number of aliphatic hydroxyl groups is 1. The molecule has 0 bridgehead atoms. The number of carbonyl (C=O) groups is 2. The Kier molecular flexibility index (Phi) is 12.0. The number of amides is 3. The van der Waals surface area contributed by atoms with Crippen LogP contribution in [0.1, 0.15) is 61.8 Å². The molecule has 0 saturated heterocycles. The van der Waals surface area contributed by atoms with Crippen molar-refractivity contribution in [1.82, 2.24) is 14.4 Å². The maximum absolute atomic E-state index is 14.2. The van der Waals surface area contributed by atoms with Gasteiger partial charge in [-0.2, -0.15) is 0 Å². The fourth-order valence-corrected chi connectivity index (χ4v) is 5.21. The largest absolute Gasteiger partial charge is 0.490 e. The molecule has 3 N–H and O–H groups in total. The molecule has 43 heavy (non-hydrogen) atoms. The van der Waals surface area contributed by atoms with E-state index in [0.717, 1.165) is 19.1 Å². The van der Waals surface area contributed by atoms with E-state index in [0.29, 0.717) is 41.6 Å². The van der Waals surface area contributed by atoms with Gasteiger partial charge in [0.1, 0.15) is 17.1 Å². The third-order valence-electron chi connectivity index (χ3n) is 7.58. The monoisotopic (exact) mass is 623 g/mol. The summed E-state index contributed by atoms with van der Waals surface area (Å²) in [7, 11) is -1.95. The zero-order valence-electron chi connectivity index (χ0n) is 26.0. The van der Waals surface area contributed by atoms with Gasteiger partial charge in [0.05, 0.1) is 36.7 Å². The summed E-state index contributed by atoms with van der Waals surface area (Å²) in [6.45, 7) is 9.39. The van der Waals surface area contributed by atoms with Gasteiger partial charge in [0.25, 0.3) is 5.91 Å². The van der Waals surface area contributed by atoms with E-state index in [-0.39, 0.29) is 37.3 Å². The van der Waals surface area contributed by atoms with E-state index in [4.69, 9.17) is 14.0 Å². The summed E-state index contributed by atoms with van der Waals surface area (Å²) in [4.78, 5) is 28.5. The number of fused-ring (bicyclic) bond motifs is 1. The van der Waals surface area contributed by atoms with E-state index in [1.165, 1.54) is 16.3 Å². The lowest BCUT2D eigenvalue weighted by molar-refractivity contribution is -0.00828. The lowest BCUT2D eigenvalue weighted by Gasteiger charge is -2.35. The Balaban J connectivity index is 1.96. The molecule has 0 saturated carbocycles. The van der Waals surface area contributed by atoms with Crippen LogP contribution in [-0.2, 0) is 14.8 Å². The number of anilines is 2. The lowest BCUT2D eigenvalue weighted by Crippen LogP contribution is -2.47. The molecule has 240 valence electrons. The first-order valence-corrected chi connectivity index (χ1v) is 16.3. The zero-order valence-corrected chi connectivity index (χ0v) is 26.9. The normalized spacial score (nSPS) is 21.5. The maximum Gasteiger partial charge on any atom is 0.323 e. The highest BCUT2D eigenvalue weighted by Gasteiger charge is 2.31. The second kappa shape index (κ2) is 15.0. The van der Waals surface area contributed by atoms with E-state index in [1.807, 2.05) is 13.8 Å². The van der Waals surface area contributed by atoms with Gasteiger partial charge >= 0.3 is 6.03 Å². The van der Waals surface area contributed by atoms with E-state index >= 15 is 0 Å². The number of urea groups is 1. The van der Waals surface area contributed by atoms with Gasteiger partial charge in [0.15, 0.2) is 5.76 Å². The number of hydrogen-bond donors (Lipinski definition) is 3. The molecule has 0 aliphatic carbocycles. The Morgan fingerprint density at radius 3 is 2.58 bits per heavy atom. The number of ether oxygens (including phenoxy) is 2. The molecular formula is C29H45N5O8S. The van der Waals surface area contributed by atoms with Crippen molar-refractivity contribution in [2.24, 2.45) is 5.92 Å². The molecule has 2 heterocycles. The van der Waals surface area contributed by atoms with Crippen LogP contribution in [0.4, 0.5) is 16.2 Å². The number of nitrogens with one attached hydrogen (secondary N) is 2. The van der Waals surface area contributed by atoms with E-state index in [9.17, 15) is 23.1 Å². The molecule has 1 aliphatic heterocycles. The van der Waals surface area contributed by atoms with Crippen LogP contribution in [0.3, 0.4) is 0 Å². The predicted octanol–water partition coefficient (Wildman–Crippen LogP) is 3.62. The van der Waals surface area contributed by atoms with Crippen molar-refractivity contribution >= 4 is 33.3 Å². The van der Waals surface area contributed by atoms with Crippen LogP contribution in [0.15, 0.2) is 22.7 Å². The molecule has 1 aromatic heterocycles. The Morgan fingerprint density at radius 1 is 1.23 bits per heavy atom. The highest BCUT2D eigenvalue weighted by Crippen LogP contribution is 2.29.